The zero-order valence-electron chi connectivity index (χ0n) is 10.8. The number of aliphatic hydroxyl groups excluding tert-OH is 1. The minimum Gasteiger partial charge on any atom is -0.488 e. The molecule has 112 valence electrons. The number of ether oxygens (including phenoxy) is 1. The number of rotatable bonds is 4. The lowest BCUT2D eigenvalue weighted by Crippen LogP contribution is -2.09. The molecule has 0 radical (unpaired) electrons. The molecule has 6 heteroatoms. The van der Waals surface area contributed by atoms with E-state index in [0.29, 0.717) is 10.6 Å². The Kier molecular flexibility index (Phi) is 4.75. The molecule has 2 rings (SSSR count). The number of halogens is 4. The summed E-state index contributed by atoms with van der Waals surface area (Å²) in [5.74, 6) is -0.278. The van der Waals surface area contributed by atoms with Gasteiger partial charge in [0.25, 0.3) is 0 Å². The fourth-order valence-electron chi connectivity index (χ4n) is 1.81. The van der Waals surface area contributed by atoms with Gasteiger partial charge in [-0.05, 0) is 35.4 Å². The molecule has 0 amide bonds. The molecule has 0 atom stereocenters. The molecule has 0 bridgehead atoms. The van der Waals surface area contributed by atoms with E-state index in [-0.39, 0.29) is 17.9 Å². The molecule has 0 spiro atoms. The number of alkyl halides is 3. The van der Waals surface area contributed by atoms with Crippen molar-refractivity contribution in [2.24, 2.45) is 0 Å². The van der Waals surface area contributed by atoms with Crippen LogP contribution >= 0.6 is 11.6 Å². The fraction of sp³-hybridized carbons (Fsp3) is 0.200. The average molecular weight is 317 g/mol. The zero-order chi connectivity index (χ0) is 15.5. The van der Waals surface area contributed by atoms with Gasteiger partial charge in [-0.3, -0.25) is 0 Å². The van der Waals surface area contributed by atoms with Gasteiger partial charge in [-0.25, -0.2) is 0 Å². The summed E-state index contributed by atoms with van der Waals surface area (Å²) >= 11 is 5.81. The predicted octanol–water partition coefficient (Wildman–Crippen LogP) is 4.43. The summed E-state index contributed by atoms with van der Waals surface area (Å²) in [6.45, 7) is -0.486. The second kappa shape index (κ2) is 6.37. The number of aliphatic hydroxyl groups is 1. The predicted molar refractivity (Wildman–Crippen MR) is 73.2 cm³/mol. The monoisotopic (exact) mass is 316 g/mol. The lowest BCUT2D eigenvalue weighted by atomic mass is 10.1. The number of benzene rings is 2. The molecule has 0 unspecified atom stereocenters. The maximum atomic E-state index is 13.0. The van der Waals surface area contributed by atoms with E-state index in [1.54, 1.807) is 24.3 Å². The maximum absolute atomic E-state index is 13.0. The minimum atomic E-state index is -4.55. The highest BCUT2D eigenvalue weighted by atomic mass is 35.5. The van der Waals surface area contributed by atoms with Crippen LogP contribution in [0.2, 0.25) is 5.02 Å². The van der Waals surface area contributed by atoms with Gasteiger partial charge >= 0.3 is 6.18 Å². The van der Waals surface area contributed by atoms with E-state index in [1.165, 1.54) is 12.1 Å². The van der Waals surface area contributed by atoms with Crippen molar-refractivity contribution in [3.8, 4) is 5.75 Å². The zero-order valence-corrected chi connectivity index (χ0v) is 11.6. The quantitative estimate of drug-likeness (QED) is 0.904. The third-order valence-electron chi connectivity index (χ3n) is 2.82. The summed E-state index contributed by atoms with van der Waals surface area (Å²) in [6, 6.07) is 10.2. The van der Waals surface area contributed by atoms with Crippen molar-refractivity contribution in [2.75, 3.05) is 0 Å². The maximum Gasteiger partial charge on any atom is 0.419 e. The van der Waals surface area contributed by atoms with Gasteiger partial charge in [-0.1, -0.05) is 29.8 Å². The van der Waals surface area contributed by atoms with Crippen LogP contribution in [-0.2, 0) is 19.4 Å². The van der Waals surface area contributed by atoms with Crippen LogP contribution in [0, 0.1) is 0 Å². The Labute approximate surface area is 124 Å². The van der Waals surface area contributed by atoms with E-state index in [1.807, 2.05) is 0 Å². The van der Waals surface area contributed by atoms with Gasteiger partial charge < -0.3 is 9.84 Å². The van der Waals surface area contributed by atoms with Crippen molar-refractivity contribution in [1.82, 2.24) is 0 Å². The molecule has 0 heterocycles. The van der Waals surface area contributed by atoms with Gasteiger partial charge in [0.15, 0.2) is 0 Å². The van der Waals surface area contributed by atoms with Gasteiger partial charge in [-0.2, -0.15) is 13.2 Å². The Hall–Kier alpha value is -1.72. The first kappa shape index (κ1) is 15.7. The van der Waals surface area contributed by atoms with Crippen molar-refractivity contribution in [3.63, 3.8) is 0 Å². The first-order valence-corrected chi connectivity index (χ1v) is 6.46. The third kappa shape index (κ3) is 4.12. The van der Waals surface area contributed by atoms with Crippen molar-refractivity contribution >= 4 is 11.6 Å². The molecule has 0 saturated carbocycles. The van der Waals surface area contributed by atoms with Crippen LogP contribution in [0.25, 0.3) is 0 Å². The molecule has 0 fully saturated rings. The van der Waals surface area contributed by atoms with Crippen LogP contribution in [0.15, 0.2) is 42.5 Å². The molecule has 0 saturated heterocycles. The van der Waals surface area contributed by atoms with Crippen molar-refractivity contribution in [3.05, 3.63) is 64.2 Å². The number of hydrogen-bond donors (Lipinski definition) is 1. The second-order valence-electron chi connectivity index (χ2n) is 4.40. The lowest BCUT2D eigenvalue weighted by Gasteiger charge is -2.15. The van der Waals surface area contributed by atoms with Gasteiger partial charge in [0.05, 0.1) is 12.2 Å². The van der Waals surface area contributed by atoms with Crippen molar-refractivity contribution < 1.29 is 23.0 Å². The Morgan fingerprint density at radius 2 is 1.81 bits per heavy atom. The van der Waals surface area contributed by atoms with E-state index < -0.39 is 18.3 Å². The normalized spacial score (nSPS) is 11.5. The molecule has 2 aromatic rings. The SMILES string of the molecule is OCc1ccc(OCc2cccc(Cl)c2)c(C(F)(F)F)c1. The van der Waals surface area contributed by atoms with Gasteiger partial charge in [-0.15, -0.1) is 0 Å². The van der Waals surface area contributed by atoms with Crippen LogP contribution < -0.4 is 4.74 Å². The minimum absolute atomic E-state index is 0.0257. The summed E-state index contributed by atoms with van der Waals surface area (Å²) in [5.41, 5.74) is -0.0598. The highest BCUT2D eigenvalue weighted by Crippen LogP contribution is 2.37. The second-order valence-corrected chi connectivity index (χ2v) is 4.84. The molecule has 0 aliphatic rings. The Morgan fingerprint density at radius 1 is 1.05 bits per heavy atom. The van der Waals surface area contributed by atoms with E-state index in [2.05, 4.69) is 0 Å². The molecule has 1 N–H and O–H groups in total. The van der Waals surface area contributed by atoms with Crippen LogP contribution in [0.3, 0.4) is 0 Å². The molecular formula is C15H12ClF3O2. The van der Waals surface area contributed by atoms with Crippen LogP contribution in [0.5, 0.6) is 5.75 Å². The molecule has 0 aliphatic carbocycles. The van der Waals surface area contributed by atoms with Crippen molar-refractivity contribution in [2.45, 2.75) is 19.4 Å². The third-order valence-corrected chi connectivity index (χ3v) is 3.05. The van der Waals surface area contributed by atoms with Crippen LogP contribution in [-0.4, -0.2) is 5.11 Å². The highest BCUT2D eigenvalue weighted by Gasteiger charge is 2.34. The van der Waals surface area contributed by atoms with E-state index in [4.69, 9.17) is 21.4 Å². The Bertz CT molecular complexity index is 627. The number of hydrogen-bond acceptors (Lipinski definition) is 2. The summed E-state index contributed by atoms with van der Waals surface area (Å²) in [6.07, 6.45) is -4.55. The summed E-state index contributed by atoms with van der Waals surface area (Å²) in [7, 11) is 0. The standard InChI is InChI=1S/C15H12ClF3O2/c16-12-3-1-2-11(6-12)9-21-14-5-4-10(8-20)7-13(14)15(17,18)19/h1-7,20H,8-9H2. The lowest BCUT2D eigenvalue weighted by molar-refractivity contribution is -0.139. The van der Waals surface area contributed by atoms with Gasteiger partial charge in [0.1, 0.15) is 12.4 Å². The summed E-state index contributed by atoms with van der Waals surface area (Å²) < 4.78 is 44.2. The largest absolute Gasteiger partial charge is 0.488 e. The first-order valence-electron chi connectivity index (χ1n) is 6.08. The molecule has 0 aromatic heterocycles. The Balaban J connectivity index is 2.23. The topological polar surface area (TPSA) is 29.5 Å². The molecule has 2 nitrogen and oxygen atoms in total. The molecule has 0 aliphatic heterocycles. The van der Waals surface area contributed by atoms with Gasteiger partial charge in [0.2, 0.25) is 0 Å². The molecule has 2 aromatic carbocycles. The van der Waals surface area contributed by atoms with Crippen molar-refractivity contribution in [1.29, 1.82) is 0 Å². The van der Waals surface area contributed by atoms with Gasteiger partial charge in [0, 0.05) is 5.02 Å². The average Bonchev–Trinajstić information content (AvgIpc) is 2.44. The summed E-state index contributed by atoms with van der Waals surface area (Å²) in [4.78, 5) is 0. The van der Waals surface area contributed by atoms with E-state index in [9.17, 15) is 13.2 Å². The smallest absolute Gasteiger partial charge is 0.419 e. The van der Waals surface area contributed by atoms with Crippen LogP contribution in [0.4, 0.5) is 13.2 Å². The fourth-order valence-corrected chi connectivity index (χ4v) is 2.02. The van der Waals surface area contributed by atoms with Crippen LogP contribution in [0.1, 0.15) is 16.7 Å². The Morgan fingerprint density at radius 3 is 2.43 bits per heavy atom. The van der Waals surface area contributed by atoms with E-state index in [0.717, 1.165) is 6.07 Å². The highest BCUT2D eigenvalue weighted by molar-refractivity contribution is 6.30. The van der Waals surface area contributed by atoms with E-state index >= 15 is 0 Å². The summed E-state index contributed by atoms with van der Waals surface area (Å²) in [5, 5.41) is 9.42. The molecule has 21 heavy (non-hydrogen) atoms. The molecular weight excluding hydrogens is 305 g/mol. The first-order chi connectivity index (χ1) is 9.90.